The topological polar surface area (TPSA) is 37.4 Å². The molecule has 3 nitrogen and oxygen atoms in total. The molecule has 0 aromatic heterocycles. The predicted molar refractivity (Wildman–Crippen MR) is 83.0 cm³/mol. The van der Waals surface area contributed by atoms with Crippen LogP contribution in [0.15, 0.2) is 48.5 Å². The molecule has 114 valence electrons. The Kier molecular flexibility index (Phi) is 5.04. The van der Waals surface area contributed by atoms with Gasteiger partial charge in [0.1, 0.15) is 5.82 Å². The van der Waals surface area contributed by atoms with Crippen LogP contribution in [0.4, 0.5) is 4.39 Å². The van der Waals surface area contributed by atoms with Gasteiger partial charge in [0.2, 0.25) is 5.78 Å². The highest BCUT2D eigenvalue weighted by Crippen LogP contribution is 2.11. The smallest absolute Gasteiger partial charge is 0.295 e. The van der Waals surface area contributed by atoms with E-state index in [0.29, 0.717) is 17.7 Å². The SMILES string of the molecule is CCN(Cc1cccc(F)c1)C(=O)C(=O)c1ccc(C)cc1. The van der Waals surface area contributed by atoms with Crippen LogP contribution in [0.25, 0.3) is 0 Å². The van der Waals surface area contributed by atoms with Crippen molar-refractivity contribution in [1.82, 2.24) is 4.90 Å². The van der Waals surface area contributed by atoms with Gasteiger partial charge in [-0.3, -0.25) is 9.59 Å². The van der Waals surface area contributed by atoms with Crippen molar-refractivity contribution in [2.24, 2.45) is 0 Å². The van der Waals surface area contributed by atoms with Crippen LogP contribution < -0.4 is 0 Å². The molecule has 0 unspecified atom stereocenters. The molecule has 4 heteroatoms. The Balaban J connectivity index is 2.14. The largest absolute Gasteiger partial charge is 0.332 e. The number of carbonyl (C=O) groups excluding carboxylic acids is 2. The third-order valence-electron chi connectivity index (χ3n) is 3.44. The van der Waals surface area contributed by atoms with Gasteiger partial charge in [-0.1, -0.05) is 42.0 Å². The minimum Gasteiger partial charge on any atom is -0.332 e. The fraction of sp³-hybridized carbons (Fsp3) is 0.222. The molecule has 0 fully saturated rings. The summed E-state index contributed by atoms with van der Waals surface area (Å²) in [5, 5.41) is 0. The molecule has 22 heavy (non-hydrogen) atoms. The fourth-order valence-electron chi connectivity index (χ4n) is 2.15. The molecule has 0 atom stereocenters. The van der Waals surface area contributed by atoms with Crippen molar-refractivity contribution in [1.29, 1.82) is 0 Å². The summed E-state index contributed by atoms with van der Waals surface area (Å²) in [5.41, 5.74) is 2.05. The van der Waals surface area contributed by atoms with E-state index < -0.39 is 11.7 Å². The minimum absolute atomic E-state index is 0.213. The number of hydrogen-bond acceptors (Lipinski definition) is 2. The van der Waals surface area contributed by atoms with Crippen molar-refractivity contribution < 1.29 is 14.0 Å². The average molecular weight is 299 g/mol. The van der Waals surface area contributed by atoms with Crippen molar-refractivity contribution in [3.63, 3.8) is 0 Å². The fourth-order valence-corrected chi connectivity index (χ4v) is 2.15. The number of halogens is 1. The number of aryl methyl sites for hydroxylation is 1. The number of rotatable bonds is 5. The molecule has 0 aliphatic carbocycles. The van der Waals surface area contributed by atoms with Crippen molar-refractivity contribution in [3.05, 3.63) is 71.0 Å². The number of nitrogens with zero attached hydrogens (tertiary/aromatic N) is 1. The Labute approximate surface area is 129 Å². The quantitative estimate of drug-likeness (QED) is 0.627. The van der Waals surface area contributed by atoms with Crippen molar-refractivity contribution in [2.75, 3.05) is 6.54 Å². The van der Waals surface area contributed by atoms with Crippen LogP contribution in [0.3, 0.4) is 0 Å². The second kappa shape index (κ2) is 6.98. The van der Waals surface area contributed by atoms with Crippen LogP contribution in [-0.4, -0.2) is 23.1 Å². The summed E-state index contributed by atoms with van der Waals surface area (Å²) < 4.78 is 13.2. The van der Waals surface area contributed by atoms with Crippen LogP contribution in [0.2, 0.25) is 0 Å². The summed E-state index contributed by atoms with van der Waals surface area (Å²) >= 11 is 0. The first-order valence-corrected chi connectivity index (χ1v) is 7.16. The van der Waals surface area contributed by atoms with Crippen LogP contribution in [0.1, 0.15) is 28.4 Å². The summed E-state index contributed by atoms with van der Waals surface area (Å²) in [7, 11) is 0. The first-order valence-electron chi connectivity index (χ1n) is 7.16. The average Bonchev–Trinajstić information content (AvgIpc) is 2.52. The summed E-state index contributed by atoms with van der Waals surface area (Å²) in [4.78, 5) is 26.0. The Hall–Kier alpha value is -2.49. The highest BCUT2D eigenvalue weighted by atomic mass is 19.1. The lowest BCUT2D eigenvalue weighted by Crippen LogP contribution is -2.36. The molecule has 0 aliphatic rings. The molecule has 0 radical (unpaired) electrons. The van der Waals surface area contributed by atoms with Crippen LogP contribution in [-0.2, 0) is 11.3 Å². The summed E-state index contributed by atoms with van der Waals surface area (Å²) in [6.45, 7) is 4.30. The van der Waals surface area contributed by atoms with E-state index in [1.807, 2.05) is 6.92 Å². The molecule has 0 saturated carbocycles. The van der Waals surface area contributed by atoms with Crippen LogP contribution in [0.5, 0.6) is 0 Å². The van der Waals surface area contributed by atoms with E-state index in [1.165, 1.54) is 17.0 Å². The van der Waals surface area contributed by atoms with Gasteiger partial charge in [-0.05, 0) is 31.5 Å². The van der Waals surface area contributed by atoms with Crippen molar-refractivity contribution in [2.45, 2.75) is 20.4 Å². The van der Waals surface area contributed by atoms with Gasteiger partial charge in [0.15, 0.2) is 0 Å². The van der Waals surface area contributed by atoms with E-state index in [9.17, 15) is 14.0 Å². The van der Waals surface area contributed by atoms with Gasteiger partial charge in [-0.2, -0.15) is 0 Å². The van der Waals surface area contributed by atoms with Gasteiger partial charge < -0.3 is 4.90 Å². The standard InChI is InChI=1S/C18H18FNO2/c1-3-20(12-14-5-4-6-16(19)11-14)18(22)17(21)15-9-7-13(2)8-10-15/h4-11H,3,12H2,1-2H3. The Morgan fingerprint density at radius 1 is 1.09 bits per heavy atom. The molecular weight excluding hydrogens is 281 g/mol. The second-order valence-electron chi connectivity index (χ2n) is 5.14. The highest BCUT2D eigenvalue weighted by molar-refractivity contribution is 6.42. The van der Waals surface area contributed by atoms with Crippen LogP contribution in [0, 0.1) is 12.7 Å². The number of amides is 1. The van der Waals surface area contributed by atoms with E-state index in [4.69, 9.17) is 0 Å². The summed E-state index contributed by atoms with van der Waals surface area (Å²) in [5.74, 6) is -1.47. The first kappa shape index (κ1) is 15.9. The molecule has 0 saturated heterocycles. The lowest BCUT2D eigenvalue weighted by molar-refractivity contribution is -0.126. The molecule has 0 spiro atoms. The Bertz CT molecular complexity index is 680. The van der Waals surface area contributed by atoms with Gasteiger partial charge in [0.05, 0.1) is 0 Å². The predicted octanol–water partition coefficient (Wildman–Crippen LogP) is 3.37. The third kappa shape index (κ3) is 3.79. The van der Waals surface area contributed by atoms with E-state index in [1.54, 1.807) is 43.3 Å². The summed E-state index contributed by atoms with van der Waals surface area (Å²) in [6.07, 6.45) is 0. The molecule has 0 heterocycles. The lowest BCUT2D eigenvalue weighted by atomic mass is 10.1. The summed E-state index contributed by atoms with van der Waals surface area (Å²) in [6, 6.07) is 12.9. The molecule has 0 N–H and O–H groups in total. The zero-order valence-electron chi connectivity index (χ0n) is 12.7. The third-order valence-corrected chi connectivity index (χ3v) is 3.44. The minimum atomic E-state index is -0.574. The zero-order chi connectivity index (χ0) is 16.1. The molecule has 2 aromatic carbocycles. The van der Waals surface area contributed by atoms with Gasteiger partial charge in [0, 0.05) is 18.7 Å². The maximum absolute atomic E-state index is 13.2. The van der Waals surface area contributed by atoms with Gasteiger partial charge in [-0.25, -0.2) is 4.39 Å². The molecule has 0 aliphatic heterocycles. The normalized spacial score (nSPS) is 10.3. The molecular formula is C18H18FNO2. The number of hydrogen-bond donors (Lipinski definition) is 0. The lowest BCUT2D eigenvalue weighted by Gasteiger charge is -2.20. The van der Waals surface area contributed by atoms with E-state index in [0.717, 1.165) is 5.56 Å². The van der Waals surface area contributed by atoms with Gasteiger partial charge >= 0.3 is 0 Å². The Morgan fingerprint density at radius 2 is 1.77 bits per heavy atom. The van der Waals surface area contributed by atoms with E-state index >= 15 is 0 Å². The monoisotopic (exact) mass is 299 g/mol. The molecule has 2 aromatic rings. The number of ketones is 1. The van der Waals surface area contributed by atoms with Crippen molar-refractivity contribution >= 4 is 11.7 Å². The zero-order valence-corrected chi connectivity index (χ0v) is 12.7. The van der Waals surface area contributed by atoms with Gasteiger partial charge in [0.25, 0.3) is 5.91 Å². The number of likely N-dealkylation sites (N-methyl/N-ethyl adjacent to an activating group) is 1. The maximum Gasteiger partial charge on any atom is 0.295 e. The molecule has 0 bridgehead atoms. The molecule has 1 amide bonds. The first-order chi connectivity index (χ1) is 10.5. The van der Waals surface area contributed by atoms with Gasteiger partial charge in [-0.15, -0.1) is 0 Å². The van der Waals surface area contributed by atoms with Crippen molar-refractivity contribution in [3.8, 4) is 0 Å². The molecule has 2 rings (SSSR count). The van der Waals surface area contributed by atoms with E-state index in [-0.39, 0.29) is 12.4 Å². The number of Topliss-reactive ketones (excluding diaryl/α,β-unsaturated/α-hetero) is 1. The maximum atomic E-state index is 13.2. The Morgan fingerprint density at radius 3 is 2.36 bits per heavy atom. The highest BCUT2D eigenvalue weighted by Gasteiger charge is 2.22. The second-order valence-corrected chi connectivity index (χ2v) is 5.14. The van der Waals surface area contributed by atoms with E-state index in [2.05, 4.69) is 0 Å². The number of benzene rings is 2. The van der Waals surface area contributed by atoms with Crippen LogP contribution >= 0.6 is 0 Å². The number of carbonyl (C=O) groups is 2.